The van der Waals surface area contributed by atoms with Gasteiger partial charge in [-0.1, -0.05) is 24.3 Å². The lowest BCUT2D eigenvalue weighted by atomic mass is 9.86. The Morgan fingerprint density at radius 3 is 2.63 bits per heavy atom. The van der Waals surface area contributed by atoms with E-state index >= 15 is 0 Å². The van der Waals surface area contributed by atoms with Crippen LogP contribution in [0.2, 0.25) is 0 Å². The molecular formula is C20H22N4O3. The van der Waals surface area contributed by atoms with E-state index in [1.54, 1.807) is 17.3 Å². The SMILES string of the molecule is O=C(OCc1cccnc1)N1CCC2(CC1)C(=O)NCN2c1ccccc1. The highest BCUT2D eigenvalue weighted by molar-refractivity contribution is 5.93. The molecule has 1 spiro atoms. The van der Waals surface area contributed by atoms with Crippen LogP contribution in [0.1, 0.15) is 18.4 Å². The molecule has 4 rings (SSSR count). The van der Waals surface area contributed by atoms with Crippen molar-refractivity contribution in [2.45, 2.75) is 25.0 Å². The zero-order valence-electron chi connectivity index (χ0n) is 15.0. The van der Waals surface area contributed by atoms with Crippen LogP contribution in [-0.4, -0.2) is 47.2 Å². The molecule has 1 aromatic heterocycles. The first-order valence-corrected chi connectivity index (χ1v) is 9.11. The van der Waals surface area contributed by atoms with Crippen molar-refractivity contribution < 1.29 is 14.3 Å². The maximum absolute atomic E-state index is 12.6. The van der Waals surface area contributed by atoms with Crippen LogP contribution in [0.5, 0.6) is 0 Å². The molecule has 140 valence electrons. The second-order valence-corrected chi connectivity index (χ2v) is 6.86. The molecular weight excluding hydrogens is 344 g/mol. The lowest BCUT2D eigenvalue weighted by Gasteiger charge is -2.42. The summed E-state index contributed by atoms with van der Waals surface area (Å²) in [5.74, 6) is 0.0368. The molecule has 2 aliphatic rings. The predicted molar refractivity (Wildman–Crippen MR) is 99.9 cm³/mol. The zero-order valence-corrected chi connectivity index (χ0v) is 15.0. The molecule has 0 atom stereocenters. The van der Waals surface area contributed by atoms with Gasteiger partial charge in [0.25, 0.3) is 0 Å². The Hall–Kier alpha value is -3.09. The molecule has 2 fully saturated rings. The van der Waals surface area contributed by atoms with Crippen LogP contribution < -0.4 is 10.2 Å². The van der Waals surface area contributed by atoms with Gasteiger partial charge in [0.2, 0.25) is 5.91 Å². The molecule has 7 heteroatoms. The van der Waals surface area contributed by atoms with E-state index in [1.807, 2.05) is 42.5 Å². The smallest absolute Gasteiger partial charge is 0.410 e. The number of benzene rings is 1. The first-order chi connectivity index (χ1) is 13.2. The Kier molecular flexibility index (Phi) is 4.66. The van der Waals surface area contributed by atoms with E-state index < -0.39 is 5.54 Å². The summed E-state index contributed by atoms with van der Waals surface area (Å²) in [4.78, 5) is 32.8. The van der Waals surface area contributed by atoms with Gasteiger partial charge in [0.15, 0.2) is 0 Å². The topological polar surface area (TPSA) is 74.8 Å². The van der Waals surface area contributed by atoms with Crippen molar-refractivity contribution in [3.63, 3.8) is 0 Å². The lowest BCUT2D eigenvalue weighted by Crippen LogP contribution is -2.57. The number of carbonyl (C=O) groups is 2. The maximum atomic E-state index is 12.6. The third-order valence-corrected chi connectivity index (χ3v) is 5.34. The molecule has 0 unspecified atom stereocenters. The van der Waals surface area contributed by atoms with Crippen molar-refractivity contribution in [2.24, 2.45) is 0 Å². The molecule has 2 aliphatic heterocycles. The Labute approximate surface area is 157 Å². The maximum Gasteiger partial charge on any atom is 0.410 e. The number of piperidine rings is 1. The van der Waals surface area contributed by atoms with Crippen molar-refractivity contribution in [3.8, 4) is 0 Å². The summed E-state index contributed by atoms with van der Waals surface area (Å²) in [6.45, 7) is 1.67. The van der Waals surface area contributed by atoms with Gasteiger partial charge >= 0.3 is 6.09 Å². The number of ether oxygens (including phenoxy) is 1. The number of aromatic nitrogens is 1. The van der Waals surface area contributed by atoms with Crippen LogP contribution >= 0.6 is 0 Å². The molecule has 0 saturated carbocycles. The normalized spacial score (nSPS) is 18.4. The molecule has 0 bridgehead atoms. The first-order valence-electron chi connectivity index (χ1n) is 9.11. The third kappa shape index (κ3) is 3.32. The molecule has 2 saturated heterocycles. The summed E-state index contributed by atoms with van der Waals surface area (Å²) in [6, 6.07) is 13.6. The van der Waals surface area contributed by atoms with Gasteiger partial charge in [-0.3, -0.25) is 9.78 Å². The van der Waals surface area contributed by atoms with E-state index in [4.69, 9.17) is 4.74 Å². The van der Waals surface area contributed by atoms with Crippen molar-refractivity contribution >= 4 is 17.7 Å². The Bertz CT molecular complexity index is 804. The van der Waals surface area contributed by atoms with Gasteiger partial charge in [0.05, 0.1) is 6.67 Å². The van der Waals surface area contributed by atoms with Crippen molar-refractivity contribution in [1.29, 1.82) is 0 Å². The number of hydrogen-bond donors (Lipinski definition) is 1. The number of carbonyl (C=O) groups excluding carboxylic acids is 2. The zero-order chi connectivity index (χ0) is 18.7. The van der Waals surface area contributed by atoms with E-state index in [0.29, 0.717) is 32.6 Å². The van der Waals surface area contributed by atoms with Gasteiger partial charge in [0, 0.05) is 36.7 Å². The van der Waals surface area contributed by atoms with E-state index in [-0.39, 0.29) is 18.6 Å². The highest BCUT2D eigenvalue weighted by atomic mass is 16.6. The monoisotopic (exact) mass is 366 g/mol. The van der Waals surface area contributed by atoms with E-state index in [2.05, 4.69) is 15.2 Å². The highest BCUT2D eigenvalue weighted by Crippen LogP contribution is 2.36. The number of amides is 2. The Balaban J connectivity index is 1.40. The summed E-state index contributed by atoms with van der Waals surface area (Å²) in [6.07, 6.45) is 4.17. The van der Waals surface area contributed by atoms with Gasteiger partial charge in [-0.15, -0.1) is 0 Å². The number of rotatable bonds is 3. The number of likely N-dealkylation sites (tertiary alicyclic amines) is 1. The average Bonchev–Trinajstić information content (AvgIpc) is 3.04. The lowest BCUT2D eigenvalue weighted by molar-refractivity contribution is -0.125. The van der Waals surface area contributed by atoms with Crippen LogP contribution in [0.25, 0.3) is 0 Å². The van der Waals surface area contributed by atoms with E-state index in [1.165, 1.54) is 0 Å². The van der Waals surface area contributed by atoms with Crippen LogP contribution in [-0.2, 0) is 16.1 Å². The molecule has 1 N–H and O–H groups in total. The molecule has 27 heavy (non-hydrogen) atoms. The van der Waals surface area contributed by atoms with Gasteiger partial charge in [0.1, 0.15) is 12.1 Å². The minimum atomic E-state index is -0.596. The highest BCUT2D eigenvalue weighted by Gasteiger charge is 2.50. The summed E-state index contributed by atoms with van der Waals surface area (Å²) in [5.41, 5.74) is 1.27. The fourth-order valence-corrected chi connectivity index (χ4v) is 3.81. The predicted octanol–water partition coefficient (Wildman–Crippen LogP) is 2.15. The quantitative estimate of drug-likeness (QED) is 0.901. The largest absolute Gasteiger partial charge is 0.444 e. The van der Waals surface area contributed by atoms with Gasteiger partial charge < -0.3 is 19.9 Å². The average molecular weight is 366 g/mol. The third-order valence-electron chi connectivity index (χ3n) is 5.34. The molecule has 2 amide bonds. The van der Waals surface area contributed by atoms with Crippen molar-refractivity contribution in [2.75, 3.05) is 24.7 Å². The second-order valence-electron chi connectivity index (χ2n) is 6.86. The van der Waals surface area contributed by atoms with E-state index in [9.17, 15) is 9.59 Å². The fraction of sp³-hybridized carbons (Fsp3) is 0.350. The summed E-state index contributed by atoms with van der Waals surface area (Å²) in [5, 5.41) is 2.96. The van der Waals surface area contributed by atoms with Crippen molar-refractivity contribution in [1.82, 2.24) is 15.2 Å². The Morgan fingerprint density at radius 2 is 1.93 bits per heavy atom. The van der Waals surface area contributed by atoms with Crippen LogP contribution in [0.3, 0.4) is 0 Å². The van der Waals surface area contributed by atoms with Gasteiger partial charge in [-0.25, -0.2) is 4.79 Å². The summed E-state index contributed by atoms with van der Waals surface area (Å²) in [7, 11) is 0. The molecule has 7 nitrogen and oxygen atoms in total. The number of nitrogens with zero attached hydrogens (tertiary/aromatic N) is 3. The number of nitrogens with one attached hydrogen (secondary N) is 1. The molecule has 0 aliphatic carbocycles. The van der Waals surface area contributed by atoms with Crippen LogP contribution in [0, 0.1) is 0 Å². The fourth-order valence-electron chi connectivity index (χ4n) is 3.81. The number of anilines is 1. The standard InChI is InChI=1S/C20H22N4O3/c25-18-20(24(15-22-18)17-6-2-1-3-7-17)8-11-23(12-9-20)19(26)27-14-16-5-4-10-21-13-16/h1-7,10,13H,8-9,11-12,14-15H2,(H,22,25). The van der Waals surface area contributed by atoms with E-state index in [0.717, 1.165) is 11.3 Å². The summed E-state index contributed by atoms with van der Waals surface area (Å²) >= 11 is 0. The molecule has 2 aromatic rings. The van der Waals surface area contributed by atoms with Gasteiger partial charge in [-0.2, -0.15) is 0 Å². The first kappa shape index (κ1) is 17.3. The van der Waals surface area contributed by atoms with Crippen LogP contribution in [0.15, 0.2) is 54.9 Å². The van der Waals surface area contributed by atoms with Gasteiger partial charge in [-0.05, 0) is 31.0 Å². The number of pyridine rings is 1. The summed E-state index contributed by atoms with van der Waals surface area (Å²) < 4.78 is 5.39. The second kappa shape index (κ2) is 7.26. The minimum absolute atomic E-state index is 0.0368. The molecule has 1 aromatic carbocycles. The van der Waals surface area contributed by atoms with Crippen LogP contribution in [0.4, 0.5) is 10.5 Å². The van der Waals surface area contributed by atoms with Crippen molar-refractivity contribution in [3.05, 3.63) is 60.4 Å². The molecule has 3 heterocycles. The number of para-hydroxylation sites is 1. The minimum Gasteiger partial charge on any atom is -0.444 e. The Morgan fingerprint density at radius 1 is 1.15 bits per heavy atom. The number of hydrogen-bond acceptors (Lipinski definition) is 5. The molecule has 0 radical (unpaired) electrons.